The van der Waals surface area contributed by atoms with Gasteiger partial charge in [0.05, 0.1) is 21.8 Å². The van der Waals surface area contributed by atoms with E-state index in [1.54, 1.807) is 6.20 Å². The van der Waals surface area contributed by atoms with E-state index in [1.165, 1.54) is 6.07 Å². The average molecular weight is 575 g/mol. The van der Waals surface area contributed by atoms with Crippen LogP contribution in [-0.2, 0) is 19.5 Å². The topological polar surface area (TPSA) is 70.9 Å². The minimum Gasteiger partial charge on any atom is -0.350 e. The smallest absolute Gasteiger partial charge is 0.225 e. The summed E-state index contributed by atoms with van der Waals surface area (Å²) in [5, 5.41) is 7.67. The summed E-state index contributed by atoms with van der Waals surface area (Å²) in [6.07, 6.45) is 4.67. The zero-order chi connectivity index (χ0) is 27.5. The van der Waals surface area contributed by atoms with Crippen LogP contribution in [0.3, 0.4) is 0 Å². The van der Waals surface area contributed by atoms with Gasteiger partial charge < -0.3 is 20.1 Å². The molecule has 7 nitrogen and oxygen atoms in total. The summed E-state index contributed by atoms with van der Waals surface area (Å²) < 4.78 is 29.0. The molecule has 1 atom stereocenters. The molecule has 0 bridgehead atoms. The molecular weight excluding hydrogens is 543 g/mol. The highest BCUT2D eigenvalue weighted by Crippen LogP contribution is 2.37. The van der Waals surface area contributed by atoms with Crippen LogP contribution in [0.15, 0.2) is 36.5 Å². The summed E-state index contributed by atoms with van der Waals surface area (Å²) in [7, 11) is 4.06. The fourth-order valence-corrected chi connectivity index (χ4v) is 5.57. The van der Waals surface area contributed by atoms with E-state index in [4.69, 9.17) is 33.2 Å². The van der Waals surface area contributed by atoms with Crippen molar-refractivity contribution in [3.05, 3.63) is 69.3 Å². The van der Waals surface area contributed by atoms with Crippen molar-refractivity contribution in [3.8, 4) is 11.4 Å². The van der Waals surface area contributed by atoms with Crippen LogP contribution in [0.2, 0.25) is 10.0 Å². The molecule has 1 aliphatic heterocycles. The number of imidazole rings is 1. The normalized spacial score (nSPS) is 15.8. The fraction of sp³-hybridized carbons (Fsp3) is 0.393. The molecule has 0 aliphatic carbocycles. The highest BCUT2D eigenvalue weighted by atomic mass is 35.5. The average Bonchev–Trinajstić information content (AvgIpc) is 3.25. The molecule has 11 heteroatoms. The van der Waals surface area contributed by atoms with Crippen molar-refractivity contribution in [1.29, 1.82) is 0 Å². The van der Waals surface area contributed by atoms with Crippen molar-refractivity contribution in [2.24, 2.45) is 5.92 Å². The van der Waals surface area contributed by atoms with E-state index in [0.29, 0.717) is 56.6 Å². The van der Waals surface area contributed by atoms with Crippen LogP contribution in [0.25, 0.3) is 22.6 Å². The Bertz CT molecular complexity index is 1450. The number of fused-ring (bicyclic) bond motifs is 1. The van der Waals surface area contributed by atoms with Crippen LogP contribution >= 0.6 is 23.2 Å². The lowest BCUT2D eigenvalue weighted by Gasteiger charge is -2.24. The number of nitrogens with one attached hydrogen (secondary N) is 2. The summed E-state index contributed by atoms with van der Waals surface area (Å²) in [5.74, 6) is -0.376. The molecule has 0 saturated carbocycles. The maximum atomic E-state index is 13.6. The second kappa shape index (κ2) is 12.1. The molecule has 1 saturated heterocycles. The van der Waals surface area contributed by atoms with E-state index in [2.05, 4.69) is 25.1 Å². The molecule has 0 radical (unpaired) electrons. The number of piperidine rings is 1. The Morgan fingerprint density at radius 3 is 2.56 bits per heavy atom. The van der Waals surface area contributed by atoms with Gasteiger partial charge >= 0.3 is 0 Å². The quantitative estimate of drug-likeness (QED) is 0.264. The number of rotatable bonds is 9. The van der Waals surface area contributed by atoms with Crippen LogP contribution in [0.1, 0.15) is 24.0 Å². The largest absolute Gasteiger partial charge is 0.350 e. The number of nitrogens with zero attached hydrogens (tertiary/aromatic N) is 5. The zero-order valence-electron chi connectivity index (χ0n) is 21.9. The van der Waals surface area contributed by atoms with Gasteiger partial charge in [0.15, 0.2) is 17.3 Å². The molecule has 5 rings (SSSR count). The molecule has 206 valence electrons. The lowest BCUT2D eigenvalue weighted by atomic mass is 9.99. The molecule has 1 aliphatic rings. The number of halogens is 4. The first-order valence-electron chi connectivity index (χ1n) is 13.0. The predicted molar refractivity (Wildman–Crippen MR) is 152 cm³/mol. The minimum absolute atomic E-state index is 0.238. The predicted octanol–water partition coefficient (Wildman–Crippen LogP) is 5.79. The van der Waals surface area contributed by atoms with E-state index < -0.39 is 11.6 Å². The summed E-state index contributed by atoms with van der Waals surface area (Å²) >= 11 is 13.7. The second-order valence-electron chi connectivity index (χ2n) is 10.3. The molecule has 39 heavy (non-hydrogen) atoms. The molecule has 1 unspecified atom stereocenters. The lowest BCUT2D eigenvalue weighted by Crippen LogP contribution is -2.32. The minimum atomic E-state index is -0.893. The lowest BCUT2D eigenvalue weighted by molar-refractivity contribution is 0.341. The van der Waals surface area contributed by atoms with Gasteiger partial charge in [0.2, 0.25) is 5.95 Å². The van der Waals surface area contributed by atoms with Crippen molar-refractivity contribution in [2.75, 3.05) is 39.0 Å². The third-order valence-corrected chi connectivity index (χ3v) is 7.53. The molecule has 0 spiro atoms. The number of anilines is 1. The molecule has 0 amide bonds. The molecular formula is C28H31Cl2F2N7. The number of benzene rings is 2. The van der Waals surface area contributed by atoms with Crippen LogP contribution in [0.5, 0.6) is 0 Å². The first kappa shape index (κ1) is 27.7. The van der Waals surface area contributed by atoms with E-state index >= 15 is 0 Å². The summed E-state index contributed by atoms with van der Waals surface area (Å²) in [5.41, 5.74) is 3.58. The number of likely N-dealkylation sites (N-methyl/N-ethyl adjacent to an activating group) is 1. The van der Waals surface area contributed by atoms with Gasteiger partial charge in [-0.25, -0.2) is 18.7 Å². The van der Waals surface area contributed by atoms with Crippen molar-refractivity contribution in [3.63, 3.8) is 0 Å². The van der Waals surface area contributed by atoms with Crippen LogP contribution in [-0.4, -0.2) is 58.1 Å². The molecule has 2 aromatic carbocycles. The van der Waals surface area contributed by atoms with E-state index in [1.807, 2.05) is 26.2 Å². The van der Waals surface area contributed by atoms with Gasteiger partial charge in [0.25, 0.3) is 0 Å². The van der Waals surface area contributed by atoms with E-state index in [0.717, 1.165) is 56.6 Å². The standard InChI is InChI=1S/C28H31Cl2F2N7/c1-38(2)9-7-17-10-20(29)25(21(30)11-17)27-36-24-15-35-28(34-14-18-5-6-22(31)23(32)12-18)37-26(24)39(27)16-19-4-3-8-33-13-19/h5-6,10-12,15,19,33H,3-4,7-9,13-14,16H2,1-2H3,(H,34,35,37). The summed E-state index contributed by atoms with van der Waals surface area (Å²) in [6.45, 7) is 3.72. The van der Waals surface area contributed by atoms with E-state index in [9.17, 15) is 8.78 Å². The number of aromatic nitrogens is 4. The monoisotopic (exact) mass is 573 g/mol. The Balaban J connectivity index is 1.51. The number of hydrogen-bond acceptors (Lipinski definition) is 6. The Kier molecular flexibility index (Phi) is 8.61. The van der Waals surface area contributed by atoms with Crippen molar-refractivity contribution >= 4 is 40.3 Å². The summed E-state index contributed by atoms with van der Waals surface area (Å²) in [4.78, 5) is 16.2. The van der Waals surface area contributed by atoms with Gasteiger partial charge in [-0.2, -0.15) is 4.98 Å². The number of hydrogen-bond donors (Lipinski definition) is 2. The van der Waals surface area contributed by atoms with Gasteiger partial charge in [-0.1, -0.05) is 29.3 Å². The summed E-state index contributed by atoms with van der Waals surface area (Å²) in [6, 6.07) is 7.70. The second-order valence-corrected chi connectivity index (χ2v) is 11.1. The van der Waals surface area contributed by atoms with Crippen molar-refractivity contribution in [2.45, 2.75) is 32.4 Å². The molecule has 3 heterocycles. The Morgan fingerprint density at radius 2 is 1.87 bits per heavy atom. The first-order valence-corrected chi connectivity index (χ1v) is 13.8. The Morgan fingerprint density at radius 1 is 1.08 bits per heavy atom. The van der Waals surface area contributed by atoms with Crippen LogP contribution in [0.4, 0.5) is 14.7 Å². The van der Waals surface area contributed by atoms with Crippen molar-refractivity contribution in [1.82, 2.24) is 29.7 Å². The Labute approximate surface area is 236 Å². The van der Waals surface area contributed by atoms with Gasteiger partial charge in [0, 0.05) is 19.6 Å². The Hall–Kier alpha value is -2.85. The van der Waals surface area contributed by atoms with Gasteiger partial charge in [-0.05, 0) is 87.8 Å². The molecule has 2 N–H and O–H groups in total. The van der Waals surface area contributed by atoms with Crippen LogP contribution in [0, 0.1) is 17.6 Å². The molecule has 1 fully saturated rings. The molecule has 4 aromatic rings. The van der Waals surface area contributed by atoms with E-state index in [-0.39, 0.29) is 6.54 Å². The molecule has 2 aromatic heterocycles. The third kappa shape index (κ3) is 6.49. The third-order valence-electron chi connectivity index (χ3n) is 6.94. The van der Waals surface area contributed by atoms with Gasteiger partial charge in [-0.15, -0.1) is 0 Å². The zero-order valence-corrected chi connectivity index (χ0v) is 23.5. The maximum Gasteiger partial charge on any atom is 0.225 e. The van der Waals surface area contributed by atoms with Crippen LogP contribution < -0.4 is 10.6 Å². The highest BCUT2D eigenvalue weighted by molar-refractivity contribution is 6.39. The fourth-order valence-electron chi connectivity index (χ4n) is 4.87. The van der Waals surface area contributed by atoms with Gasteiger partial charge in [0.1, 0.15) is 11.3 Å². The first-order chi connectivity index (χ1) is 18.8. The van der Waals surface area contributed by atoms with Gasteiger partial charge in [-0.3, -0.25) is 0 Å². The maximum absolute atomic E-state index is 13.6. The SMILES string of the molecule is CN(C)CCc1cc(Cl)c(-c2nc3cnc(NCc4ccc(F)c(F)c4)nc3n2CC2CCCNC2)c(Cl)c1. The van der Waals surface area contributed by atoms with Crippen molar-refractivity contribution < 1.29 is 8.78 Å². The highest BCUT2D eigenvalue weighted by Gasteiger charge is 2.23.